The highest BCUT2D eigenvalue weighted by atomic mass is 127. The summed E-state index contributed by atoms with van der Waals surface area (Å²) < 4.78 is 27.9. The largest absolute Gasteiger partial charge is 0.364 e. The molecule has 0 bridgehead atoms. The third-order valence-electron chi connectivity index (χ3n) is 5.08. The van der Waals surface area contributed by atoms with Crippen molar-refractivity contribution in [3.05, 3.63) is 18.0 Å². The summed E-state index contributed by atoms with van der Waals surface area (Å²) >= 11 is 0. The van der Waals surface area contributed by atoms with E-state index in [0.717, 1.165) is 50.9 Å². The second-order valence-electron chi connectivity index (χ2n) is 7.41. The Kier molecular flexibility index (Phi) is 9.81. The SMILES string of the molecule is CCNC(=NCCC(=O)NC1CCS(=O)(=O)C1)N1CCN(Cc2ccon2)CC1.I. The molecule has 1 amide bonds. The van der Waals surface area contributed by atoms with Crippen LogP contribution in [-0.2, 0) is 21.2 Å². The van der Waals surface area contributed by atoms with Gasteiger partial charge in [0.15, 0.2) is 15.8 Å². The number of rotatable bonds is 7. The molecule has 2 saturated heterocycles. The first-order chi connectivity index (χ1) is 13.9. The summed E-state index contributed by atoms with van der Waals surface area (Å²) in [5, 5.41) is 10.1. The molecule has 170 valence electrons. The molecule has 2 aliphatic heterocycles. The molecule has 0 aromatic carbocycles. The van der Waals surface area contributed by atoms with Gasteiger partial charge in [-0.05, 0) is 13.3 Å². The van der Waals surface area contributed by atoms with Crippen LogP contribution < -0.4 is 10.6 Å². The second kappa shape index (κ2) is 11.8. The van der Waals surface area contributed by atoms with Crippen LogP contribution in [0.4, 0.5) is 0 Å². The van der Waals surface area contributed by atoms with E-state index in [9.17, 15) is 13.2 Å². The number of sulfone groups is 1. The van der Waals surface area contributed by atoms with Crippen molar-refractivity contribution < 1.29 is 17.7 Å². The van der Waals surface area contributed by atoms with E-state index < -0.39 is 9.84 Å². The molecule has 12 heteroatoms. The zero-order valence-electron chi connectivity index (χ0n) is 17.2. The molecule has 1 atom stereocenters. The van der Waals surface area contributed by atoms with Gasteiger partial charge in [-0.1, -0.05) is 5.16 Å². The van der Waals surface area contributed by atoms with Crippen molar-refractivity contribution in [2.45, 2.75) is 32.4 Å². The van der Waals surface area contributed by atoms with Crippen molar-refractivity contribution in [1.82, 2.24) is 25.6 Å². The van der Waals surface area contributed by atoms with Crippen LogP contribution in [0, 0.1) is 0 Å². The van der Waals surface area contributed by atoms with E-state index in [4.69, 9.17) is 4.52 Å². The predicted octanol–water partition coefficient (Wildman–Crippen LogP) is 0.0691. The van der Waals surface area contributed by atoms with E-state index in [-0.39, 0.29) is 53.9 Å². The smallest absolute Gasteiger partial charge is 0.222 e. The maximum atomic E-state index is 12.1. The van der Waals surface area contributed by atoms with Gasteiger partial charge < -0.3 is 20.1 Å². The monoisotopic (exact) mass is 554 g/mol. The summed E-state index contributed by atoms with van der Waals surface area (Å²) in [4.78, 5) is 21.2. The van der Waals surface area contributed by atoms with Gasteiger partial charge in [-0.3, -0.25) is 14.7 Å². The molecular formula is C18H31IN6O4S. The quantitative estimate of drug-likeness (QED) is 0.276. The molecule has 10 nitrogen and oxygen atoms in total. The Labute approximate surface area is 194 Å². The molecule has 30 heavy (non-hydrogen) atoms. The standard InChI is InChI=1S/C18H30N6O4S.HI/c1-2-19-18(20-6-3-17(25)21-16-5-12-29(26,27)14-16)24-9-7-23(8-10-24)13-15-4-11-28-22-15;/h4,11,16H,2-3,5-10,12-14H2,1H3,(H,19,20)(H,21,25);1H. The number of guanidine groups is 1. The first kappa shape index (κ1) is 24.9. The fourth-order valence-corrected chi connectivity index (χ4v) is 5.24. The van der Waals surface area contributed by atoms with Crippen molar-refractivity contribution in [1.29, 1.82) is 0 Å². The van der Waals surface area contributed by atoms with Crippen LogP contribution >= 0.6 is 24.0 Å². The van der Waals surface area contributed by atoms with Gasteiger partial charge in [0.05, 0.1) is 23.7 Å². The zero-order chi connectivity index (χ0) is 20.7. The molecule has 0 aliphatic carbocycles. The number of carbonyl (C=O) groups excluding carboxylic acids is 1. The number of nitrogens with zero attached hydrogens (tertiary/aromatic N) is 4. The highest BCUT2D eigenvalue weighted by Gasteiger charge is 2.28. The topological polar surface area (TPSA) is 120 Å². The minimum atomic E-state index is -2.99. The Hall–Kier alpha value is -1.41. The van der Waals surface area contributed by atoms with Crippen LogP contribution in [0.15, 0.2) is 21.8 Å². The Morgan fingerprint density at radius 2 is 2.10 bits per heavy atom. The number of aliphatic imine (C=N–C) groups is 1. The Morgan fingerprint density at radius 3 is 2.70 bits per heavy atom. The highest BCUT2D eigenvalue weighted by Crippen LogP contribution is 2.11. The number of nitrogens with one attached hydrogen (secondary N) is 2. The van der Waals surface area contributed by atoms with Gasteiger partial charge in [-0.2, -0.15) is 0 Å². The summed E-state index contributed by atoms with van der Waals surface area (Å²) in [5.41, 5.74) is 0.931. The fourth-order valence-electron chi connectivity index (χ4n) is 3.56. The summed E-state index contributed by atoms with van der Waals surface area (Å²) in [5.74, 6) is 0.862. The molecule has 1 aromatic heterocycles. The first-order valence-electron chi connectivity index (χ1n) is 10.1. The van der Waals surface area contributed by atoms with Gasteiger partial charge in [-0.25, -0.2) is 8.42 Å². The van der Waals surface area contributed by atoms with Crippen molar-refractivity contribution >= 4 is 45.7 Å². The average Bonchev–Trinajstić information content (AvgIpc) is 3.31. The molecule has 0 radical (unpaired) electrons. The van der Waals surface area contributed by atoms with E-state index in [2.05, 4.69) is 30.6 Å². The summed E-state index contributed by atoms with van der Waals surface area (Å²) in [6.07, 6.45) is 2.33. The Balaban J connectivity index is 0.00000320. The van der Waals surface area contributed by atoms with Crippen LogP contribution in [0.2, 0.25) is 0 Å². The molecule has 1 aromatic rings. The molecular weight excluding hydrogens is 523 g/mol. The normalized spacial score (nSPS) is 21.8. The van der Waals surface area contributed by atoms with Crippen LogP contribution in [-0.4, -0.2) is 92.1 Å². The highest BCUT2D eigenvalue weighted by molar-refractivity contribution is 14.0. The maximum Gasteiger partial charge on any atom is 0.222 e. The first-order valence-corrected chi connectivity index (χ1v) is 11.9. The molecule has 3 heterocycles. The van der Waals surface area contributed by atoms with Crippen molar-refractivity contribution in [3.8, 4) is 0 Å². The number of carbonyl (C=O) groups is 1. The maximum absolute atomic E-state index is 12.1. The number of piperazine rings is 1. The van der Waals surface area contributed by atoms with Crippen LogP contribution in [0.5, 0.6) is 0 Å². The van der Waals surface area contributed by atoms with Crippen LogP contribution in [0.1, 0.15) is 25.5 Å². The zero-order valence-corrected chi connectivity index (χ0v) is 20.4. The van der Waals surface area contributed by atoms with E-state index in [1.807, 2.05) is 13.0 Å². The number of halogens is 1. The molecule has 2 aliphatic rings. The lowest BCUT2D eigenvalue weighted by atomic mass is 10.2. The molecule has 0 spiro atoms. The van der Waals surface area contributed by atoms with E-state index in [0.29, 0.717) is 13.0 Å². The van der Waals surface area contributed by atoms with Gasteiger partial charge in [-0.15, -0.1) is 24.0 Å². The molecule has 2 N–H and O–H groups in total. The van der Waals surface area contributed by atoms with Crippen LogP contribution in [0.25, 0.3) is 0 Å². The fraction of sp³-hybridized carbons (Fsp3) is 0.722. The van der Waals surface area contributed by atoms with Crippen molar-refractivity contribution in [3.63, 3.8) is 0 Å². The number of aromatic nitrogens is 1. The number of amides is 1. The lowest BCUT2D eigenvalue weighted by molar-refractivity contribution is -0.121. The molecule has 3 rings (SSSR count). The third kappa shape index (κ3) is 7.69. The number of hydrogen-bond acceptors (Lipinski definition) is 7. The van der Waals surface area contributed by atoms with Gasteiger partial charge in [0.1, 0.15) is 6.26 Å². The minimum Gasteiger partial charge on any atom is -0.364 e. The van der Waals surface area contributed by atoms with Gasteiger partial charge in [0, 0.05) is 57.8 Å². The molecule has 2 fully saturated rings. The Morgan fingerprint density at radius 1 is 1.33 bits per heavy atom. The van der Waals surface area contributed by atoms with E-state index in [1.165, 1.54) is 0 Å². The van der Waals surface area contributed by atoms with E-state index >= 15 is 0 Å². The third-order valence-corrected chi connectivity index (χ3v) is 6.85. The van der Waals surface area contributed by atoms with Gasteiger partial charge >= 0.3 is 0 Å². The predicted molar refractivity (Wildman–Crippen MR) is 125 cm³/mol. The van der Waals surface area contributed by atoms with Crippen molar-refractivity contribution in [2.24, 2.45) is 4.99 Å². The molecule has 1 unspecified atom stereocenters. The summed E-state index contributed by atoms with van der Waals surface area (Å²) in [6, 6.07) is 1.62. The number of hydrogen-bond donors (Lipinski definition) is 2. The Bertz CT molecular complexity index is 794. The molecule has 0 saturated carbocycles. The van der Waals surface area contributed by atoms with Gasteiger partial charge in [0.2, 0.25) is 5.91 Å². The summed E-state index contributed by atoms with van der Waals surface area (Å²) in [7, 11) is -2.99. The summed E-state index contributed by atoms with van der Waals surface area (Å²) in [6.45, 7) is 7.39. The van der Waals surface area contributed by atoms with Crippen LogP contribution in [0.3, 0.4) is 0 Å². The lowest BCUT2D eigenvalue weighted by Crippen LogP contribution is -2.52. The second-order valence-corrected chi connectivity index (χ2v) is 9.64. The average molecular weight is 554 g/mol. The van der Waals surface area contributed by atoms with E-state index in [1.54, 1.807) is 6.26 Å². The minimum absolute atomic E-state index is 0. The van der Waals surface area contributed by atoms with Crippen molar-refractivity contribution in [2.75, 3.05) is 50.8 Å². The lowest BCUT2D eigenvalue weighted by Gasteiger charge is -2.36. The van der Waals surface area contributed by atoms with Gasteiger partial charge in [0.25, 0.3) is 0 Å².